The van der Waals surface area contributed by atoms with Crippen LogP contribution in [0.4, 0.5) is 4.39 Å². The van der Waals surface area contributed by atoms with E-state index in [1.54, 1.807) is 13.0 Å². The molecule has 20 heavy (non-hydrogen) atoms. The number of aromatic nitrogens is 2. The minimum atomic E-state index is -0.677. The maximum absolute atomic E-state index is 14.4. The number of halogens is 1. The van der Waals surface area contributed by atoms with Gasteiger partial charge in [0.25, 0.3) is 5.91 Å². The zero-order chi connectivity index (χ0) is 14.9. The molecule has 0 atom stereocenters. The second kappa shape index (κ2) is 5.24. The van der Waals surface area contributed by atoms with Crippen molar-refractivity contribution in [1.29, 1.82) is 0 Å². The number of primary amides is 1. The van der Waals surface area contributed by atoms with Crippen LogP contribution in [-0.2, 0) is 0 Å². The predicted octanol–water partition coefficient (Wildman–Crippen LogP) is 2.01. The number of aryl methyl sites for hydroxylation is 2. The predicted molar refractivity (Wildman–Crippen MR) is 72.0 cm³/mol. The van der Waals surface area contributed by atoms with E-state index in [-0.39, 0.29) is 22.6 Å². The maximum Gasteiger partial charge on any atom is 0.250 e. The van der Waals surface area contributed by atoms with Crippen molar-refractivity contribution in [2.24, 2.45) is 5.73 Å². The van der Waals surface area contributed by atoms with Crippen LogP contribution in [0.5, 0.6) is 5.75 Å². The lowest BCUT2D eigenvalue weighted by Gasteiger charge is -2.13. The SMILES string of the molecule is COc1cnc(C)c(F)c1-c1cc(C)ncc1C(N)=O. The molecule has 2 aromatic rings. The summed E-state index contributed by atoms with van der Waals surface area (Å²) in [5.41, 5.74) is 6.83. The monoisotopic (exact) mass is 275 g/mol. The summed E-state index contributed by atoms with van der Waals surface area (Å²) in [5.74, 6) is -0.984. The third-order valence-electron chi connectivity index (χ3n) is 2.95. The fourth-order valence-electron chi connectivity index (χ4n) is 1.93. The van der Waals surface area contributed by atoms with Crippen LogP contribution in [0.1, 0.15) is 21.7 Å². The lowest BCUT2D eigenvalue weighted by molar-refractivity contribution is 0.100. The molecule has 5 nitrogen and oxygen atoms in total. The minimum Gasteiger partial charge on any atom is -0.494 e. The molecule has 2 N–H and O–H groups in total. The Kier molecular flexibility index (Phi) is 3.65. The van der Waals surface area contributed by atoms with E-state index in [1.807, 2.05) is 0 Å². The Morgan fingerprint density at radius 3 is 2.60 bits per heavy atom. The number of hydrogen-bond acceptors (Lipinski definition) is 4. The van der Waals surface area contributed by atoms with Crippen LogP contribution in [0.15, 0.2) is 18.5 Å². The highest BCUT2D eigenvalue weighted by atomic mass is 19.1. The number of carbonyl (C=O) groups is 1. The van der Waals surface area contributed by atoms with Crippen LogP contribution in [0, 0.1) is 19.7 Å². The number of nitrogens with two attached hydrogens (primary N) is 1. The molecule has 0 spiro atoms. The van der Waals surface area contributed by atoms with E-state index in [9.17, 15) is 9.18 Å². The van der Waals surface area contributed by atoms with Crippen molar-refractivity contribution < 1.29 is 13.9 Å². The summed E-state index contributed by atoms with van der Waals surface area (Å²) < 4.78 is 19.5. The van der Waals surface area contributed by atoms with Gasteiger partial charge < -0.3 is 10.5 Å². The standard InChI is InChI=1S/C14H14FN3O2/c1-7-4-9(10(5-17-7)14(16)19)12-11(20-3)6-18-8(2)13(12)15/h4-6H,1-3H3,(H2,16,19). The van der Waals surface area contributed by atoms with Gasteiger partial charge in [0.15, 0.2) is 5.82 Å². The largest absolute Gasteiger partial charge is 0.494 e. The summed E-state index contributed by atoms with van der Waals surface area (Å²) >= 11 is 0. The molecule has 0 aliphatic carbocycles. The molecule has 0 fully saturated rings. The summed E-state index contributed by atoms with van der Waals surface area (Å²) in [7, 11) is 1.41. The van der Waals surface area contributed by atoms with Gasteiger partial charge in [-0.3, -0.25) is 14.8 Å². The molecule has 0 aliphatic rings. The summed E-state index contributed by atoms with van der Waals surface area (Å²) in [6.07, 6.45) is 2.75. The number of hydrogen-bond donors (Lipinski definition) is 1. The zero-order valence-corrected chi connectivity index (χ0v) is 11.4. The average Bonchev–Trinajstić information content (AvgIpc) is 2.41. The van der Waals surface area contributed by atoms with Crippen molar-refractivity contribution in [3.63, 3.8) is 0 Å². The fraction of sp³-hybridized carbons (Fsp3) is 0.214. The van der Waals surface area contributed by atoms with Crippen LogP contribution in [-0.4, -0.2) is 23.0 Å². The van der Waals surface area contributed by atoms with Crippen molar-refractivity contribution in [2.75, 3.05) is 7.11 Å². The molecule has 0 saturated carbocycles. The van der Waals surface area contributed by atoms with Crippen molar-refractivity contribution in [3.05, 3.63) is 41.2 Å². The Bertz CT molecular complexity index is 686. The van der Waals surface area contributed by atoms with Gasteiger partial charge in [0.05, 0.1) is 30.1 Å². The van der Waals surface area contributed by atoms with Crippen molar-refractivity contribution in [3.8, 4) is 16.9 Å². The molecule has 104 valence electrons. The Labute approximate surface area is 115 Å². The zero-order valence-electron chi connectivity index (χ0n) is 11.4. The van der Waals surface area contributed by atoms with Crippen LogP contribution in [0.2, 0.25) is 0 Å². The van der Waals surface area contributed by atoms with E-state index in [0.717, 1.165) is 0 Å². The van der Waals surface area contributed by atoms with Gasteiger partial charge in [-0.25, -0.2) is 4.39 Å². The van der Waals surface area contributed by atoms with E-state index in [4.69, 9.17) is 10.5 Å². The van der Waals surface area contributed by atoms with Crippen molar-refractivity contribution in [1.82, 2.24) is 9.97 Å². The third-order valence-corrected chi connectivity index (χ3v) is 2.95. The molecule has 2 rings (SSSR count). The first kappa shape index (κ1) is 13.9. The first-order valence-corrected chi connectivity index (χ1v) is 5.91. The Morgan fingerprint density at radius 1 is 1.30 bits per heavy atom. The summed E-state index contributed by atoms with van der Waals surface area (Å²) in [4.78, 5) is 19.4. The lowest BCUT2D eigenvalue weighted by atomic mass is 9.99. The Balaban J connectivity index is 2.83. The molecule has 6 heteroatoms. The highest BCUT2D eigenvalue weighted by molar-refractivity contribution is 6.00. The van der Waals surface area contributed by atoms with Crippen molar-refractivity contribution >= 4 is 5.91 Å². The highest BCUT2D eigenvalue weighted by Crippen LogP contribution is 2.35. The quantitative estimate of drug-likeness (QED) is 0.929. The first-order chi connectivity index (χ1) is 9.45. The van der Waals surface area contributed by atoms with Crippen LogP contribution in [0.3, 0.4) is 0 Å². The molecule has 0 saturated heterocycles. The van der Waals surface area contributed by atoms with Crippen LogP contribution in [0.25, 0.3) is 11.1 Å². The molecule has 0 aromatic carbocycles. The summed E-state index contributed by atoms with van der Waals surface area (Å²) in [6, 6.07) is 1.60. The van der Waals surface area contributed by atoms with Gasteiger partial charge in [-0.2, -0.15) is 0 Å². The van der Waals surface area contributed by atoms with Gasteiger partial charge >= 0.3 is 0 Å². The molecule has 0 unspecified atom stereocenters. The van der Waals surface area contributed by atoms with Crippen LogP contribution < -0.4 is 10.5 Å². The van der Waals surface area contributed by atoms with Gasteiger partial charge in [0.2, 0.25) is 0 Å². The number of nitrogens with zero attached hydrogens (tertiary/aromatic N) is 2. The molecule has 1 amide bonds. The molecular formula is C14H14FN3O2. The van der Waals surface area contributed by atoms with E-state index < -0.39 is 11.7 Å². The van der Waals surface area contributed by atoms with Gasteiger partial charge in [0.1, 0.15) is 5.75 Å². The topological polar surface area (TPSA) is 78.1 Å². The van der Waals surface area contributed by atoms with Gasteiger partial charge in [-0.15, -0.1) is 0 Å². The van der Waals surface area contributed by atoms with Gasteiger partial charge in [-0.05, 0) is 19.9 Å². The first-order valence-electron chi connectivity index (χ1n) is 5.91. The molecule has 0 aliphatic heterocycles. The molecule has 2 aromatic heterocycles. The van der Waals surface area contributed by atoms with Gasteiger partial charge in [-0.1, -0.05) is 0 Å². The number of rotatable bonds is 3. The number of methoxy groups -OCH3 is 1. The second-order valence-electron chi connectivity index (χ2n) is 4.34. The van der Waals surface area contributed by atoms with E-state index >= 15 is 0 Å². The van der Waals surface area contributed by atoms with Crippen LogP contribution >= 0.6 is 0 Å². The normalized spacial score (nSPS) is 10.4. The van der Waals surface area contributed by atoms with E-state index in [2.05, 4.69) is 9.97 Å². The number of carbonyl (C=O) groups excluding carboxylic acids is 1. The van der Waals surface area contributed by atoms with E-state index in [1.165, 1.54) is 26.4 Å². The second-order valence-corrected chi connectivity index (χ2v) is 4.34. The Hall–Kier alpha value is -2.50. The molecule has 0 radical (unpaired) electrons. The average molecular weight is 275 g/mol. The van der Waals surface area contributed by atoms with E-state index in [0.29, 0.717) is 11.3 Å². The van der Waals surface area contributed by atoms with Crippen molar-refractivity contribution in [2.45, 2.75) is 13.8 Å². The smallest absolute Gasteiger partial charge is 0.250 e. The highest BCUT2D eigenvalue weighted by Gasteiger charge is 2.20. The third kappa shape index (κ3) is 2.32. The van der Waals surface area contributed by atoms with Gasteiger partial charge in [0, 0.05) is 17.5 Å². The summed E-state index contributed by atoms with van der Waals surface area (Å²) in [6.45, 7) is 3.28. The molecular weight excluding hydrogens is 261 g/mol. The molecule has 0 bridgehead atoms. The minimum absolute atomic E-state index is 0.137. The number of pyridine rings is 2. The fourth-order valence-corrected chi connectivity index (χ4v) is 1.93. The number of amides is 1. The maximum atomic E-state index is 14.4. The Morgan fingerprint density at radius 2 is 2.00 bits per heavy atom. The summed E-state index contributed by atoms with van der Waals surface area (Å²) in [5, 5.41) is 0. The number of ether oxygens (including phenoxy) is 1. The molecule has 2 heterocycles. The lowest BCUT2D eigenvalue weighted by Crippen LogP contribution is -2.14.